The van der Waals surface area contributed by atoms with Crippen LogP contribution in [0.2, 0.25) is 0 Å². The van der Waals surface area contributed by atoms with E-state index in [1.54, 1.807) is 23.2 Å². The molecular formula is C20H24N4O3. The summed E-state index contributed by atoms with van der Waals surface area (Å²) < 4.78 is 5.44. The molecule has 2 N–H and O–H groups in total. The van der Waals surface area contributed by atoms with E-state index < -0.39 is 0 Å². The Labute approximate surface area is 158 Å². The zero-order chi connectivity index (χ0) is 19.1. The van der Waals surface area contributed by atoms with Gasteiger partial charge in [-0.25, -0.2) is 9.78 Å². The Balaban J connectivity index is 1.51. The van der Waals surface area contributed by atoms with E-state index in [9.17, 15) is 9.59 Å². The van der Waals surface area contributed by atoms with E-state index in [4.69, 9.17) is 4.74 Å². The van der Waals surface area contributed by atoms with Gasteiger partial charge in [-0.15, -0.1) is 0 Å². The molecule has 1 fully saturated rings. The van der Waals surface area contributed by atoms with Gasteiger partial charge in [0.15, 0.2) is 0 Å². The van der Waals surface area contributed by atoms with Gasteiger partial charge in [0.25, 0.3) is 0 Å². The quantitative estimate of drug-likeness (QED) is 0.848. The van der Waals surface area contributed by atoms with E-state index in [1.165, 1.54) is 0 Å². The first-order valence-corrected chi connectivity index (χ1v) is 9.17. The molecule has 0 spiro atoms. The van der Waals surface area contributed by atoms with E-state index in [-0.39, 0.29) is 17.9 Å². The number of likely N-dealkylation sites (tertiary alicyclic amines) is 1. The fourth-order valence-corrected chi connectivity index (χ4v) is 3.04. The third kappa shape index (κ3) is 4.97. The topological polar surface area (TPSA) is 83.6 Å². The van der Waals surface area contributed by atoms with Crippen molar-refractivity contribution in [2.75, 3.05) is 30.3 Å². The van der Waals surface area contributed by atoms with Gasteiger partial charge in [-0.2, -0.15) is 0 Å². The highest BCUT2D eigenvalue weighted by atomic mass is 16.5. The summed E-state index contributed by atoms with van der Waals surface area (Å²) in [5.41, 5.74) is 1.34. The summed E-state index contributed by atoms with van der Waals surface area (Å²) in [5, 5.41) is 5.78. The van der Waals surface area contributed by atoms with E-state index in [0.717, 1.165) is 5.69 Å². The number of carbonyl (C=O) groups excluding carboxylic acids is 2. The molecule has 3 rings (SSSR count). The number of carbonyl (C=O) groups is 2. The molecule has 0 unspecified atom stereocenters. The van der Waals surface area contributed by atoms with Crippen molar-refractivity contribution in [3.63, 3.8) is 0 Å². The number of pyridine rings is 1. The first-order chi connectivity index (χ1) is 13.2. The Bertz CT molecular complexity index is 774. The molecule has 3 amide bonds. The summed E-state index contributed by atoms with van der Waals surface area (Å²) in [4.78, 5) is 30.8. The number of piperidine rings is 1. The largest absolute Gasteiger partial charge is 0.476 e. The van der Waals surface area contributed by atoms with E-state index in [0.29, 0.717) is 44.1 Å². The van der Waals surface area contributed by atoms with Crippen LogP contribution in [0.3, 0.4) is 0 Å². The zero-order valence-corrected chi connectivity index (χ0v) is 15.4. The fourth-order valence-electron chi connectivity index (χ4n) is 3.04. The summed E-state index contributed by atoms with van der Waals surface area (Å²) in [6, 6.07) is 12.8. The molecule has 1 aliphatic heterocycles. The molecule has 0 bridgehead atoms. The number of rotatable bonds is 5. The van der Waals surface area contributed by atoms with Crippen LogP contribution in [0.25, 0.3) is 0 Å². The van der Waals surface area contributed by atoms with Gasteiger partial charge in [0.1, 0.15) is 5.69 Å². The second kappa shape index (κ2) is 9.02. The summed E-state index contributed by atoms with van der Waals surface area (Å²) >= 11 is 0. The molecular weight excluding hydrogens is 344 g/mol. The van der Waals surface area contributed by atoms with Crippen LogP contribution in [-0.4, -0.2) is 41.5 Å². The number of hydrogen-bond acceptors (Lipinski definition) is 4. The molecule has 0 aliphatic carbocycles. The lowest BCUT2D eigenvalue weighted by Gasteiger charge is -2.31. The van der Waals surface area contributed by atoms with Crippen molar-refractivity contribution >= 4 is 23.3 Å². The van der Waals surface area contributed by atoms with Gasteiger partial charge >= 0.3 is 6.03 Å². The molecule has 2 aromatic rings. The van der Waals surface area contributed by atoms with Crippen molar-refractivity contribution in [3.8, 4) is 5.88 Å². The molecule has 1 aliphatic rings. The Morgan fingerprint density at radius 3 is 2.56 bits per heavy atom. The van der Waals surface area contributed by atoms with Crippen LogP contribution in [0.1, 0.15) is 19.8 Å². The van der Waals surface area contributed by atoms with Crippen molar-refractivity contribution in [3.05, 3.63) is 48.7 Å². The fraction of sp³-hybridized carbons (Fsp3) is 0.350. The van der Waals surface area contributed by atoms with Crippen LogP contribution in [0.5, 0.6) is 5.88 Å². The Hall–Kier alpha value is -3.09. The molecule has 0 saturated carbocycles. The van der Waals surface area contributed by atoms with Crippen LogP contribution in [0, 0.1) is 5.92 Å². The van der Waals surface area contributed by atoms with Gasteiger partial charge in [-0.05, 0) is 44.0 Å². The lowest BCUT2D eigenvalue weighted by atomic mass is 9.96. The van der Waals surface area contributed by atoms with Crippen LogP contribution in [0.4, 0.5) is 16.2 Å². The standard InChI is InChI=1S/C20H24N4O3/c1-2-27-19-17(9-6-12-21-19)23-18(25)15-10-13-24(14-11-15)20(26)22-16-7-4-3-5-8-16/h3-9,12,15H,2,10-11,13-14H2,1H3,(H,22,26)(H,23,25). The lowest BCUT2D eigenvalue weighted by molar-refractivity contribution is -0.121. The van der Waals surface area contributed by atoms with Crippen molar-refractivity contribution in [2.45, 2.75) is 19.8 Å². The number of hydrogen-bond donors (Lipinski definition) is 2. The minimum Gasteiger partial charge on any atom is -0.476 e. The van der Waals surface area contributed by atoms with Gasteiger partial charge in [0, 0.05) is 30.9 Å². The highest BCUT2D eigenvalue weighted by Crippen LogP contribution is 2.24. The maximum atomic E-state index is 12.6. The second-order valence-corrected chi connectivity index (χ2v) is 6.34. The summed E-state index contributed by atoms with van der Waals surface area (Å²) in [7, 11) is 0. The average Bonchev–Trinajstić information content (AvgIpc) is 2.70. The molecule has 142 valence electrons. The molecule has 0 atom stereocenters. The predicted molar refractivity (Wildman–Crippen MR) is 104 cm³/mol. The van der Waals surface area contributed by atoms with Crippen LogP contribution >= 0.6 is 0 Å². The molecule has 1 aromatic heterocycles. The Morgan fingerprint density at radius 1 is 1.11 bits per heavy atom. The van der Waals surface area contributed by atoms with Gasteiger partial charge in [-0.1, -0.05) is 18.2 Å². The summed E-state index contributed by atoms with van der Waals surface area (Å²) in [6.45, 7) is 3.44. The summed E-state index contributed by atoms with van der Waals surface area (Å²) in [6.07, 6.45) is 2.88. The molecule has 27 heavy (non-hydrogen) atoms. The van der Waals surface area contributed by atoms with E-state index in [2.05, 4.69) is 15.6 Å². The average molecular weight is 368 g/mol. The van der Waals surface area contributed by atoms with Crippen LogP contribution < -0.4 is 15.4 Å². The van der Waals surface area contributed by atoms with Gasteiger partial charge in [0.05, 0.1) is 6.61 Å². The smallest absolute Gasteiger partial charge is 0.321 e. The number of amides is 3. The minimum absolute atomic E-state index is 0.0629. The minimum atomic E-state index is -0.138. The molecule has 1 saturated heterocycles. The first-order valence-electron chi connectivity index (χ1n) is 9.17. The molecule has 2 heterocycles. The first kappa shape index (κ1) is 18.7. The molecule has 7 nitrogen and oxygen atoms in total. The van der Waals surface area contributed by atoms with Gasteiger partial charge in [-0.3, -0.25) is 4.79 Å². The predicted octanol–water partition coefficient (Wildman–Crippen LogP) is 3.36. The van der Waals surface area contributed by atoms with Crippen LogP contribution in [-0.2, 0) is 4.79 Å². The Morgan fingerprint density at radius 2 is 1.85 bits per heavy atom. The Kier molecular flexibility index (Phi) is 6.25. The van der Waals surface area contributed by atoms with Crippen molar-refractivity contribution in [1.29, 1.82) is 0 Å². The third-order valence-electron chi connectivity index (χ3n) is 4.49. The van der Waals surface area contributed by atoms with Gasteiger partial charge in [0.2, 0.25) is 11.8 Å². The zero-order valence-electron chi connectivity index (χ0n) is 15.4. The second-order valence-electron chi connectivity index (χ2n) is 6.34. The highest BCUT2D eigenvalue weighted by Gasteiger charge is 2.28. The van der Waals surface area contributed by atoms with Gasteiger partial charge < -0.3 is 20.3 Å². The maximum absolute atomic E-state index is 12.6. The number of para-hydroxylation sites is 1. The number of urea groups is 1. The number of benzene rings is 1. The summed E-state index contributed by atoms with van der Waals surface area (Å²) in [5.74, 6) is 0.223. The molecule has 0 radical (unpaired) electrons. The number of ether oxygens (including phenoxy) is 1. The highest BCUT2D eigenvalue weighted by molar-refractivity contribution is 5.94. The number of nitrogens with zero attached hydrogens (tertiary/aromatic N) is 2. The maximum Gasteiger partial charge on any atom is 0.321 e. The SMILES string of the molecule is CCOc1ncccc1NC(=O)C1CCN(C(=O)Nc2ccccc2)CC1. The van der Waals surface area contributed by atoms with E-state index >= 15 is 0 Å². The normalized spacial score (nSPS) is 14.5. The third-order valence-corrected chi connectivity index (χ3v) is 4.49. The molecule has 7 heteroatoms. The van der Waals surface area contributed by atoms with Crippen molar-refractivity contribution in [1.82, 2.24) is 9.88 Å². The number of nitrogens with one attached hydrogen (secondary N) is 2. The van der Waals surface area contributed by atoms with Crippen molar-refractivity contribution in [2.24, 2.45) is 5.92 Å². The number of anilines is 2. The monoisotopic (exact) mass is 368 g/mol. The number of aromatic nitrogens is 1. The van der Waals surface area contributed by atoms with Crippen LogP contribution in [0.15, 0.2) is 48.7 Å². The van der Waals surface area contributed by atoms with E-state index in [1.807, 2.05) is 37.3 Å². The van der Waals surface area contributed by atoms with Crippen molar-refractivity contribution < 1.29 is 14.3 Å². The lowest BCUT2D eigenvalue weighted by Crippen LogP contribution is -2.43. The molecule has 1 aromatic carbocycles.